The van der Waals surface area contributed by atoms with E-state index >= 15 is 0 Å². The van der Waals surface area contributed by atoms with E-state index in [1.54, 1.807) is 0 Å². The van der Waals surface area contributed by atoms with Gasteiger partial charge in [0.2, 0.25) is 0 Å². The Morgan fingerprint density at radius 2 is 0.712 bits per heavy atom. The van der Waals surface area contributed by atoms with Gasteiger partial charge in [0.15, 0.2) is 0 Å². The Kier molecular flexibility index (Phi) is 7.92. The normalized spacial score (nSPS) is 11.8. The summed E-state index contributed by atoms with van der Waals surface area (Å²) in [6.07, 6.45) is 0. The number of hydrogen-bond acceptors (Lipinski definition) is 4. The minimum atomic E-state index is 0.863. The van der Waals surface area contributed by atoms with Crippen molar-refractivity contribution in [2.24, 2.45) is 0 Å². The number of nitrogens with zero attached hydrogens (tertiary/aromatic N) is 2. The molecule has 0 fully saturated rings. The number of benzene rings is 9. The van der Waals surface area contributed by atoms with Crippen LogP contribution < -0.4 is 9.80 Å². The fourth-order valence-electron chi connectivity index (χ4n) is 8.88. The van der Waals surface area contributed by atoms with E-state index in [1.807, 2.05) is 0 Å². The lowest BCUT2D eigenvalue weighted by molar-refractivity contribution is 0.651. The lowest BCUT2D eigenvalue weighted by Gasteiger charge is -2.26. The molecule has 0 unspecified atom stereocenters. The third-order valence-electron chi connectivity index (χ3n) is 11.9. The predicted molar refractivity (Wildman–Crippen MR) is 249 cm³/mol. The second-order valence-corrected chi connectivity index (χ2v) is 16.2. The average Bonchev–Trinajstić information content (AvgIpc) is 3.78. The summed E-state index contributed by atoms with van der Waals surface area (Å²) >= 11 is 0. The second kappa shape index (κ2) is 13.4. The fraction of sp³-hybridized carbons (Fsp3) is 0.0909. The lowest BCUT2D eigenvalue weighted by Crippen LogP contribution is -2.10. The van der Waals surface area contributed by atoms with E-state index in [4.69, 9.17) is 8.83 Å². The molecule has 2 aromatic heterocycles. The van der Waals surface area contributed by atoms with Crippen molar-refractivity contribution in [3.05, 3.63) is 192 Å². The highest BCUT2D eigenvalue weighted by molar-refractivity contribution is 6.20. The van der Waals surface area contributed by atoms with Crippen molar-refractivity contribution in [1.29, 1.82) is 0 Å². The van der Waals surface area contributed by atoms with E-state index in [1.165, 1.54) is 33.0 Å². The quantitative estimate of drug-likeness (QED) is 0.169. The molecule has 0 spiro atoms. The van der Waals surface area contributed by atoms with Gasteiger partial charge in [0, 0.05) is 61.2 Å². The SMILES string of the molecule is Cc1ccc(N(c2cccc(C)c2)c2ccc3cc4c(cc3c2)oc2c(C)c3oc5cc6cc(N(c7ccc(C)cc7)c7cccc(C)c7)ccc6cc5c3cc24)cc1. The summed E-state index contributed by atoms with van der Waals surface area (Å²) in [5.74, 6) is 0. The van der Waals surface area contributed by atoms with Crippen molar-refractivity contribution in [3.63, 3.8) is 0 Å². The first-order valence-corrected chi connectivity index (χ1v) is 20.3. The Bertz CT molecular complexity index is 3220. The highest BCUT2D eigenvalue weighted by atomic mass is 16.3. The average molecular weight is 763 g/mol. The molecule has 11 aromatic rings. The Labute approximate surface area is 343 Å². The molecule has 11 rings (SSSR count). The van der Waals surface area contributed by atoms with Crippen LogP contribution in [0.1, 0.15) is 27.8 Å². The van der Waals surface area contributed by atoms with Gasteiger partial charge in [-0.25, -0.2) is 0 Å². The summed E-state index contributed by atoms with van der Waals surface area (Å²) in [5.41, 5.74) is 16.1. The molecule has 4 heteroatoms. The van der Waals surface area contributed by atoms with E-state index in [0.717, 1.165) is 94.3 Å². The van der Waals surface area contributed by atoms with Gasteiger partial charge in [-0.05, 0) is 170 Å². The van der Waals surface area contributed by atoms with E-state index in [2.05, 4.69) is 208 Å². The third kappa shape index (κ3) is 5.90. The molecule has 4 nitrogen and oxygen atoms in total. The summed E-state index contributed by atoms with van der Waals surface area (Å²) in [7, 11) is 0. The van der Waals surface area contributed by atoms with Crippen LogP contribution in [0.5, 0.6) is 0 Å². The van der Waals surface area contributed by atoms with Crippen molar-refractivity contribution < 1.29 is 8.83 Å². The molecular formula is C55H42N2O2. The van der Waals surface area contributed by atoms with E-state index in [-0.39, 0.29) is 0 Å². The minimum Gasteiger partial charge on any atom is -0.456 e. The molecule has 2 heterocycles. The fourth-order valence-corrected chi connectivity index (χ4v) is 8.88. The van der Waals surface area contributed by atoms with Crippen molar-refractivity contribution >= 4 is 99.5 Å². The van der Waals surface area contributed by atoms with Gasteiger partial charge >= 0.3 is 0 Å². The standard InChI is InChI=1S/C55H42N2O2/c1-33-12-18-42(19-13-33)56(44-10-6-8-35(3)24-44)46-22-16-38-28-48-50-32-51-49-29-39-17-23-47(57(43-20-14-34(2)15-21-43)45-11-7-9-36(4)25-45)27-41(39)31-53(49)59-55(51)37(5)54(50)58-52(48)30-40(38)26-46/h6-32H,1-5H3. The van der Waals surface area contributed by atoms with Crippen LogP contribution in [0.2, 0.25) is 0 Å². The summed E-state index contributed by atoms with van der Waals surface area (Å²) in [5, 5.41) is 8.99. The Morgan fingerprint density at radius 3 is 1.14 bits per heavy atom. The van der Waals surface area contributed by atoms with Gasteiger partial charge in [-0.1, -0.05) is 71.8 Å². The third-order valence-corrected chi connectivity index (χ3v) is 11.9. The summed E-state index contributed by atoms with van der Waals surface area (Å²) < 4.78 is 13.5. The monoisotopic (exact) mass is 762 g/mol. The molecule has 284 valence electrons. The van der Waals surface area contributed by atoms with Gasteiger partial charge in [0.05, 0.1) is 0 Å². The summed E-state index contributed by atoms with van der Waals surface area (Å²) in [6, 6.07) is 59.5. The Hall–Kier alpha value is -7.30. The zero-order valence-electron chi connectivity index (χ0n) is 33.8. The summed E-state index contributed by atoms with van der Waals surface area (Å²) in [4.78, 5) is 4.65. The molecule has 0 aliphatic heterocycles. The molecule has 9 aromatic carbocycles. The highest BCUT2D eigenvalue weighted by Gasteiger charge is 2.20. The molecule has 0 bridgehead atoms. The smallest absolute Gasteiger partial charge is 0.142 e. The van der Waals surface area contributed by atoms with Crippen molar-refractivity contribution in [2.75, 3.05) is 9.80 Å². The number of rotatable bonds is 6. The first kappa shape index (κ1) is 34.9. The van der Waals surface area contributed by atoms with E-state index in [0.29, 0.717) is 0 Å². The van der Waals surface area contributed by atoms with Gasteiger partial charge in [0.25, 0.3) is 0 Å². The molecule has 0 radical (unpaired) electrons. The van der Waals surface area contributed by atoms with Gasteiger partial charge in [-0.2, -0.15) is 0 Å². The number of aryl methyl sites for hydroxylation is 5. The molecular weight excluding hydrogens is 721 g/mol. The van der Waals surface area contributed by atoms with Crippen LogP contribution in [0.3, 0.4) is 0 Å². The van der Waals surface area contributed by atoms with Crippen LogP contribution >= 0.6 is 0 Å². The van der Waals surface area contributed by atoms with Gasteiger partial charge in [-0.3, -0.25) is 0 Å². The topological polar surface area (TPSA) is 32.8 Å². The summed E-state index contributed by atoms with van der Waals surface area (Å²) in [6.45, 7) is 10.7. The van der Waals surface area contributed by atoms with Crippen LogP contribution in [0.15, 0.2) is 173 Å². The number of furan rings is 2. The molecule has 0 saturated carbocycles. The molecule has 0 atom stereocenters. The zero-order valence-corrected chi connectivity index (χ0v) is 33.8. The Balaban J connectivity index is 1.02. The number of anilines is 6. The van der Waals surface area contributed by atoms with Crippen molar-refractivity contribution in [1.82, 2.24) is 0 Å². The van der Waals surface area contributed by atoms with Crippen molar-refractivity contribution in [3.8, 4) is 0 Å². The highest BCUT2D eigenvalue weighted by Crippen LogP contribution is 2.44. The minimum absolute atomic E-state index is 0.863. The molecule has 0 aliphatic carbocycles. The van der Waals surface area contributed by atoms with E-state index < -0.39 is 0 Å². The van der Waals surface area contributed by atoms with Crippen LogP contribution in [-0.4, -0.2) is 0 Å². The predicted octanol–water partition coefficient (Wildman–Crippen LogP) is 16.3. The van der Waals surface area contributed by atoms with Gasteiger partial charge < -0.3 is 18.6 Å². The molecule has 0 amide bonds. The molecule has 0 aliphatic rings. The van der Waals surface area contributed by atoms with Crippen molar-refractivity contribution in [2.45, 2.75) is 34.6 Å². The number of fused-ring (bicyclic) bond motifs is 8. The maximum Gasteiger partial charge on any atom is 0.142 e. The maximum absolute atomic E-state index is 6.73. The molecule has 0 N–H and O–H groups in total. The van der Waals surface area contributed by atoms with Crippen LogP contribution in [0.25, 0.3) is 65.4 Å². The van der Waals surface area contributed by atoms with Gasteiger partial charge in [0.1, 0.15) is 22.3 Å². The van der Waals surface area contributed by atoms with Gasteiger partial charge in [-0.15, -0.1) is 0 Å². The lowest BCUT2D eigenvalue weighted by atomic mass is 10.0. The largest absolute Gasteiger partial charge is 0.456 e. The first-order valence-electron chi connectivity index (χ1n) is 20.3. The first-order chi connectivity index (χ1) is 28.7. The van der Waals surface area contributed by atoms with Crippen LogP contribution in [0, 0.1) is 34.6 Å². The molecule has 0 saturated heterocycles. The van der Waals surface area contributed by atoms with Crippen LogP contribution in [-0.2, 0) is 0 Å². The van der Waals surface area contributed by atoms with Crippen LogP contribution in [0.4, 0.5) is 34.1 Å². The molecule has 59 heavy (non-hydrogen) atoms. The maximum atomic E-state index is 6.73. The second-order valence-electron chi connectivity index (χ2n) is 16.2. The van der Waals surface area contributed by atoms with E-state index in [9.17, 15) is 0 Å². The Morgan fingerprint density at radius 1 is 0.305 bits per heavy atom. The zero-order chi connectivity index (χ0) is 39.9. The number of hydrogen-bond donors (Lipinski definition) is 0.